The minimum atomic E-state index is -0.380. The fourth-order valence-corrected chi connectivity index (χ4v) is 2.35. The van der Waals surface area contributed by atoms with E-state index in [0.29, 0.717) is 5.69 Å². The Morgan fingerprint density at radius 2 is 2.13 bits per heavy atom. The van der Waals surface area contributed by atoms with Gasteiger partial charge in [-0.3, -0.25) is 0 Å². The molecule has 0 aliphatic heterocycles. The summed E-state index contributed by atoms with van der Waals surface area (Å²) in [5, 5.41) is 0.957. The van der Waals surface area contributed by atoms with Gasteiger partial charge in [-0.05, 0) is 28.1 Å². The van der Waals surface area contributed by atoms with Crippen LogP contribution in [0.1, 0.15) is 10.5 Å². The number of benzene rings is 1. The maximum absolute atomic E-state index is 11.4. The molecule has 1 aromatic heterocycles. The van der Waals surface area contributed by atoms with E-state index in [1.165, 1.54) is 7.11 Å². The van der Waals surface area contributed by atoms with E-state index >= 15 is 0 Å². The predicted octanol–water partition coefficient (Wildman–Crippen LogP) is 3.48. The molecule has 0 saturated heterocycles. The minimum Gasteiger partial charge on any atom is -0.464 e. The number of nitrogens with one attached hydrogen (secondary N) is 1. The second kappa shape index (κ2) is 3.98. The standard InChI is InChI=1S/C10H7Br2NO2/c1-15-10(14)9-8(12)6-3-2-5(11)4-7(6)13-9/h2-4,13H,1H3. The maximum Gasteiger partial charge on any atom is 0.355 e. The molecule has 78 valence electrons. The third-order valence-electron chi connectivity index (χ3n) is 2.09. The number of hydrogen-bond acceptors (Lipinski definition) is 2. The molecule has 2 aromatic rings. The van der Waals surface area contributed by atoms with Gasteiger partial charge in [-0.25, -0.2) is 4.79 Å². The summed E-state index contributed by atoms with van der Waals surface area (Å²) in [6.07, 6.45) is 0. The second-order valence-electron chi connectivity index (χ2n) is 3.00. The third-order valence-corrected chi connectivity index (χ3v) is 3.40. The summed E-state index contributed by atoms with van der Waals surface area (Å²) in [6, 6.07) is 5.75. The Hall–Kier alpha value is -0.810. The maximum atomic E-state index is 11.4. The number of methoxy groups -OCH3 is 1. The van der Waals surface area contributed by atoms with Crippen molar-refractivity contribution >= 4 is 48.7 Å². The average molecular weight is 333 g/mol. The summed E-state index contributed by atoms with van der Waals surface area (Å²) in [6.45, 7) is 0. The van der Waals surface area contributed by atoms with Gasteiger partial charge in [-0.2, -0.15) is 0 Å². The number of carbonyl (C=O) groups is 1. The second-order valence-corrected chi connectivity index (χ2v) is 4.70. The van der Waals surface area contributed by atoms with Crippen molar-refractivity contribution in [2.45, 2.75) is 0 Å². The summed E-state index contributed by atoms with van der Waals surface area (Å²) < 4.78 is 6.36. The molecule has 0 aliphatic carbocycles. The first kappa shape index (κ1) is 10.7. The van der Waals surface area contributed by atoms with Crippen LogP contribution in [-0.4, -0.2) is 18.1 Å². The zero-order valence-electron chi connectivity index (χ0n) is 7.80. The van der Waals surface area contributed by atoms with Crippen LogP contribution in [0.15, 0.2) is 27.1 Å². The minimum absolute atomic E-state index is 0.380. The number of rotatable bonds is 1. The molecule has 0 aliphatic rings. The summed E-state index contributed by atoms with van der Waals surface area (Å²) in [7, 11) is 1.36. The number of aromatic nitrogens is 1. The molecule has 0 unspecified atom stereocenters. The Morgan fingerprint density at radius 3 is 2.80 bits per heavy atom. The smallest absolute Gasteiger partial charge is 0.355 e. The molecule has 2 rings (SSSR count). The lowest BCUT2D eigenvalue weighted by Crippen LogP contribution is -2.01. The van der Waals surface area contributed by atoms with Gasteiger partial charge in [0.15, 0.2) is 0 Å². The van der Waals surface area contributed by atoms with E-state index in [4.69, 9.17) is 0 Å². The molecule has 0 saturated carbocycles. The molecule has 0 spiro atoms. The zero-order valence-corrected chi connectivity index (χ0v) is 11.0. The van der Waals surface area contributed by atoms with Gasteiger partial charge in [0.25, 0.3) is 0 Å². The van der Waals surface area contributed by atoms with Crippen LogP contribution in [-0.2, 0) is 4.74 Å². The van der Waals surface area contributed by atoms with E-state index in [0.717, 1.165) is 19.8 Å². The molecule has 0 radical (unpaired) electrons. The number of esters is 1. The van der Waals surface area contributed by atoms with Crippen molar-refractivity contribution in [1.82, 2.24) is 4.98 Å². The molecule has 0 fully saturated rings. The molecule has 5 heteroatoms. The van der Waals surface area contributed by atoms with Crippen LogP contribution in [0.25, 0.3) is 10.9 Å². The van der Waals surface area contributed by atoms with Crippen molar-refractivity contribution in [1.29, 1.82) is 0 Å². The van der Waals surface area contributed by atoms with Crippen LogP contribution in [0.3, 0.4) is 0 Å². The Balaban J connectivity index is 2.69. The van der Waals surface area contributed by atoms with Gasteiger partial charge in [0.1, 0.15) is 5.69 Å². The normalized spacial score (nSPS) is 10.6. The first-order valence-electron chi connectivity index (χ1n) is 4.18. The van der Waals surface area contributed by atoms with Gasteiger partial charge in [0.2, 0.25) is 0 Å². The molecule has 15 heavy (non-hydrogen) atoms. The van der Waals surface area contributed by atoms with Crippen LogP contribution in [0, 0.1) is 0 Å². The van der Waals surface area contributed by atoms with E-state index in [2.05, 4.69) is 41.6 Å². The number of halogens is 2. The van der Waals surface area contributed by atoms with Crippen LogP contribution in [0.2, 0.25) is 0 Å². The van der Waals surface area contributed by atoms with Gasteiger partial charge >= 0.3 is 5.97 Å². The Bertz CT molecular complexity index is 533. The van der Waals surface area contributed by atoms with E-state index in [-0.39, 0.29) is 5.97 Å². The Labute approximate surface area is 103 Å². The van der Waals surface area contributed by atoms with Gasteiger partial charge in [-0.15, -0.1) is 0 Å². The van der Waals surface area contributed by atoms with E-state index < -0.39 is 0 Å². The highest BCUT2D eigenvalue weighted by atomic mass is 79.9. The molecular weight excluding hydrogens is 326 g/mol. The molecular formula is C10H7Br2NO2. The number of carbonyl (C=O) groups excluding carboxylic acids is 1. The monoisotopic (exact) mass is 331 g/mol. The number of aromatic amines is 1. The molecule has 0 atom stereocenters. The SMILES string of the molecule is COC(=O)c1[nH]c2cc(Br)ccc2c1Br. The Kier molecular flexibility index (Phi) is 2.84. The van der Waals surface area contributed by atoms with Gasteiger partial charge in [0.05, 0.1) is 11.6 Å². The van der Waals surface area contributed by atoms with Crippen molar-refractivity contribution in [3.8, 4) is 0 Å². The average Bonchev–Trinajstić information content (AvgIpc) is 2.54. The summed E-state index contributed by atoms with van der Waals surface area (Å²) in [5.41, 5.74) is 1.32. The summed E-state index contributed by atoms with van der Waals surface area (Å²) >= 11 is 6.74. The van der Waals surface area contributed by atoms with E-state index in [1.54, 1.807) is 0 Å². The lowest BCUT2D eigenvalue weighted by molar-refractivity contribution is 0.0594. The highest BCUT2D eigenvalue weighted by molar-refractivity contribution is 9.11. The van der Waals surface area contributed by atoms with Crippen LogP contribution >= 0.6 is 31.9 Å². The topological polar surface area (TPSA) is 42.1 Å². The highest BCUT2D eigenvalue weighted by Gasteiger charge is 2.15. The molecule has 1 N–H and O–H groups in total. The van der Waals surface area contributed by atoms with Gasteiger partial charge in [0, 0.05) is 15.4 Å². The summed E-state index contributed by atoms with van der Waals surface area (Å²) in [5.74, 6) is -0.380. The van der Waals surface area contributed by atoms with Gasteiger partial charge in [-0.1, -0.05) is 22.0 Å². The van der Waals surface area contributed by atoms with E-state index in [9.17, 15) is 4.79 Å². The fourth-order valence-electron chi connectivity index (χ4n) is 1.38. The van der Waals surface area contributed by atoms with Crippen molar-refractivity contribution in [2.75, 3.05) is 7.11 Å². The molecule has 0 amide bonds. The molecule has 1 aromatic carbocycles. The number of ether oxygens (including phenoxy) is 1. The quantitative estimate of drug-likeness (QED) is 0.812. The van der Waals surface area contributed by atoms with E-state index in [1.807, 2.05) is 18.2 Å². The lowest BCUT2D eigenvalue weighted by Gasteiger charge is -1.94. The first-order valence-corrected chi connectivity index (χ1v) is 5.77. The van der Waals surface area contributed by atoms with Crippen molar-refractivity contribution in [2.24, 2.45) is 0 Å². The van der Waals surface area contributed by atoms with Crippen molar-refractivity contribution in [3.63, 3.8) is 0 Å². The predicted molar refractivity (Wildman–Crippen MR) is 65.0 cm³/mol. The van der Waals surface area contributed by atoms with Crippen LogP contribution < -0.4 is 0 Å². The third kappa shape index (κ3) is 1.81. The zero-order chi connectivity index (χ0) is 11.0. The van der Waals surface area contributed by atoms with Gasteiger partial charge < -0.3 is 9.72 Å². The summed E-state index contributed by atoms with van der Waals surface area (Å²) in [4.78, 5) is 14.4. The number of hydrogen-bond donors (Lipinski definition) is 1. The van der Waals surface area contributed by atoms with Crippen molar-refractivity contribution in [3.05, 3.63) is 32.8 Å². The largest absolute Gasteiger partial charge is 0.464 e. The fraction of sp³-hybridized carbons (Fsp3) is 0.100. The number of fused-ring (bicyclic) bond motifs is 1. The highest BCUT2D eigenvalue weighted by Crippen LogP contribution is 2.30. The van der Waals surface area contributed by atoms with Crippen LogP contribution in [0.5, 0.6) is 0 Å². The van der Waals surface area contributed by atoms with Crippen LogP contribution in [0.4, 0.5) is 0 Å². The Morgan fingerprint density at radius 1 is 1.40 bits per heavy atom. The molecule has 3 nitrogen and oxygen atoms in total. The lowest BCUT2D eigenvalue weighted by atomic mass is 10.2. The molecule has 0 bridgehead atoms. The molecule has 1 heterocycles. The first-order chi connectivity index (χ1) is 7.13. The van der Waals surface area contributed by atoms with Crippen molar-refractivity contribution < 1.29 is 9.53 Å². The number of H-pyrrole nitrogens is 1.